The van der Waals surface area contributed by atoms with E-state index >= 15 is 0 Å². The van der Waals surface area contributed by atoms with Crippen LogP contribution in [0.2, 0.25) is 0 Å². The lowest BCUT2D eigenvalue weighted by atomic mass is 9.99. The van der Waals surface area contributed by atoms with Gasteiger partial charge in [0.05, 0.1) is 6.04 Å². The van der Waals surface area contributed by atoms with Gasteiger partial charge in [-0.2, -0.15) is 0 Å². The van der Waals surface area contributed by atoms with E-state index in [4.69, 9.17) is 9.15 Å². The molecule has 5 nitrogen and oxygen atoms in total. The van der Waals surface area contributed by atoms with Gasteiger partial charge in [0.25, 0.3) is 0 Å². The molecule has 2 saturated heterocycles. The molecule has 5 heteroatoms. The molecule has 3 heterocycles. The first kappa shape index (κ1) is 14.6. The predicted molar refractivity (Wildman–Crippen MR) is 82.6 cm³/mol. The molecule has 2 aliphatic heterocycles. The molecule has 1 aromatic heterocycles. The minimum Gasteiger partial charge on any atom is -0.423 e. The second-order valence-corrected chi connectivity index (χ2v) is 7.05. The monoisotopic (exact) mass is 305 g/mol. The fraction of sp³-hybridized carbons (Fsp3) is 0.882. The smallest absolute Gasteiger partial charge is 0.233 e. The average molecular weight is 305 g/mol. The van der Waals surface area contributed by atoms with Crippen molar-refractivity contribution >= 4 is 0 Å². The number of likely N-dealkylation sites (tertiary alicyclic amines) is 1. The van der Waals surface area contributed by atoms with E-state index in [0.29, 0.717) is 12.0 Å². The molecule has 0 radical (unpaired) electrons. The van der Waals surface area contributed by atoms with Crippen molar-refractivity contribution in [3.05, 3.63) is 11.8 Å². The summed E-state index contributed by atoms with van der Waals surface area (Å²) in [7, 11) is 0. The van der Waals surface area contributed by atoms with E-state index in [2.05, 4.69) is 15.1 Å². The first-order chi connectivity index (χ1) is 10.9. The molecule has 0 aromatic carbocycles. The van der Waals surface area contributed by atoms with Gasteiger partial charge < -0.3 is 9.15 Å². The van der Waals surface area contributed by atoms with E-state index in [0.717, 1.165) is 43.9 Å². The summed E-state index contributed by atoms with van der Waals surface area (Å²) in [5.74, 6) is 2.11. The standard InChI is InChI=1S/C17H27N3O2/c1-2-6-14(5-1)20-10-4-3-7-15(20)17-19-18-16(22-17)13-8-11-21-12-9-13/h13-15H,1-12H2/t15-/m1/s1. The predicted octanol–water partition coefficient (Wildman–Crippen LogP) is 3.43. The highest BCUT2D eigenvalue weighted by Gasteiger charge is 2.35. The molecule has 3 aliphatic rings. The van der Waals surface area contributed by atoms with Gasteiger partial charge in [0, 0.05) is 25.2 Å². The molecular formula is C17H27N3O2. The van der Waals surface area contributed by atoms with Crippen molar-refractivity contribution in [2.45, 2.75) is 75.8 Å². The Morgan fingerprint density at radius 1 is 0.818 bits per heavy atom. The summed E-state index contributed by atoms with van der Waals surface area (Å²) in [5, 5.41) is 8.81. The molecule has 122 valence electrons. The first-order valence-electron chi connectivity index (χ1n) is 9.08. The van der Waals surface area contributed by atoms with E-state index in [9.17, 15) is 0 Å². The normalized spacial score (nSPS) is 29.2. The number of ether oxygens (including phenoxy) is 1. The van der Waals surface area contributed by atoms with Crippen LogP contribution in [-0.2, 0) is 4.74 Å². The number of rotatable bonds is 3. The van der Waals surface area contributed by atoms with Crippen LogP contribution < -0.4 is 0 Å². The maximum absolute atomic E-state index is 6.13. The third-order valence-electron chi connectivity index (χ3n) is 5.65. The molecule has 1 aromatic rings. The number of hydrogen-bond donors (Lipinski definition) is 0. The first-order valence-corrected chi connectivity index (χ1v) is 9.08. The Bertz CT molecular complexity index is 478. The lowest BCUT2D eigenvalue weighted by Gasteiger charge is -2.38. The SMILES string of the molecule is C1CCC(N2CCCC[C@@H]2c2nnc(C3CCOCC3)o2)C1. The van der Waals surface area contributed by atoms with Gasteiger partial charge in [-0.15, -0.1) is 10.2 Å². The van der Waals surface area contributed by atoms with Gasteiger partial charge in [0.2, 0.25) is 11.8 Å². The number of hydrogen-bond acceptors (Lipinski definition) is 5. The highest BCUT2D eigenvalue weighted by atomic mass is 16.5. The van der Waals surface area contributed by atoms with Crippen LogP contribution in [0.5, 0.6) is 0 Å². The summed E-state index contributed by atoms with van der Waals surface area (Å²) in [4.78, 5) is 2.66. The van der Waals surface area contributed by atoms with Gasteiger partial charge >= 0.3 is 0 Å². The van der Waals surface area contributed by atoms with Crippen molar-refractivity contribution in [1.82, 2.24) is 15.1 Å². The Balaban J connectivity index is 1.50. The summed E-state index contributed by atoms with van der Waals surface area (Å²) in [5.41, 5.74) is 0. The second kappa shape index (κ2) is 6.67. The third-order valence-corrected chi connectivity index (χ3v) is 5.65. The van der Waals surface area contributed by atoms with Crippen molar-refractivity contribution in [1.29, 1.82) is 0 Å². The number of aromatic nitrogens is 2. The maximum Gasteiger partial charge on any atom is 0.233 e. The molecule has 1 aliphatic carbocycles. The molecule has 0 unspecified atom stereocenters. The highest BCUT2D eigenvalue weighted by Crippen LogP contribution is 2.37. The molecule has 3 fully saturated rings. The van der Waals surface area contributed by atoms with Crippen molar-refractivity contribution < 1.29 is 9.15 Å². The van der Waals surface area contributed by atoms with E-state index in [1.165, 1.54) is 51.5 Å². The summed E-state index contributed by atoms with van der Waals surface area (Å²) >= 11 is 0. The van der Waals surface area contributed by atoms with Gasteiger partial charge in [-0.25, -0.2) is 0 Å². The second-order valence-electron chi connectivity index (χ2n) is 7.05. The minimum atomic E-state index is 0.359. The van der Waals surface area contributed by atoms with E-state index in [1.807, 2.05) is 0 Å². The Morgan fingerprint density at radius 2 is 1.55 bits per heavy atom. The molecule has 1 saturated carbocycles. The molecule has 1 atom stereocenters. The topological polar surface area (TPSA) is 51.4 Å². The summed E-state index contributed by atoms with van der Waals surface area (Å²) < 4.78 is 11.6. The zero-order valence-electron chi connectivity index (χ0n) is 13.4. The fourth-order valence-corrected chi connectivity index (χ4v) is 4.38. The van der Waals surface area contributed by atoms with Crippen LogP contribution in [0.3, 0.4) is 0 Å². The molecule has 0 bridgehead atoms. The van der Waals surface area contributed by atoms with Crippen LogP contribution in [0.15, 0.2) is 4.42 Å². The maximum atomic E-state index is 6.13. The van der Waals surface area contributed by atoms with Crippen LogP contribution in [0, 0.1) is 0 Å². The summed E-state index contributed by atoms with van der Waals surface area (Å²) in [6.07, 6.45) is 11.2. The van der Waals surface area contributed by atoms with Crippen LogP contribution in [0.25, 0.3) is 0 Å². The lowest BCUT2D eigenvalue weighted by Crippen LogP contribution is -2.40. The van der Waals surface area contributed by atoms with E-state index in [-0.39, 0.29) is 0 Å². The Hall–Kier alpha value is -0.940. The average Bonchev–Trinajstić information content (AvgIpc) is 3.28. The lowest BCUT2D eigenvalue weighted by molar-refractivity contribution is 0.0696. The Kier molecular flexibility index (Phi) is 4.44. The summed E-state index contributed by atoms with van der Waals surface area (Å²) in [6.45, 7) is 2.84. The van der Waals surface area contributed by atoms with Gasteiger partial charge in [-0.1, -0.05) is 19.3 Å². The van der Waals surface area contributed by atoms with E-state index in [1.54, 1.807) is 0 Å². The van der Waals surface area contributed by atoms with Gasteiger partial charge in [0.15, 0.2) is 0 Å². The molecule has 0 amide bonds. The van der Waals surface area contributed by atoms with Crippen LogP contribution >= 0.6 is 0 Å². The fourth-order valence-electron chi connectivity index (χ4n) is 4.38. The van der Waals surface area contributed by atoms with Crippen molar-refractivity contribution in [2.24, 2.45) is 0 Å². The van der Waals surface area contributed by atoms with Crippen LogP contribution in [0.4, 0.5) is 0 Å². The molecular weight excluding hydrogens is 278 g/mol. The van der Waals surface area contributed by atoms with Crippen molar-refractivity contribution in [3.63, 3.8) is 0 Å². The molecule has 0 spiro atoms. The third kappa shape index (κ3) is 2.93. The Morgan fingerprint density at radius 3 is 2.36 bits per heavy atom. The highest BCUT2D eigenvalue weighted by molar-refractivity contribution is 4.99. The van der Waals surface area contributed by atoms with Gasteiger partial charge in [-0.05, 0) is 45.1 Å². The largest absolute Gasteiger partial charge is 0.423 e. The zero-order valence-corrected chi connectivity index (χ0v) is 13.4. The Labute approximate surface area is 132 Å². The van der Waals surface area contributed by atoms with Gasteiger partial charge in [-0.3, -0.25) is 4.90 Å². The van der Waals surface area contributed by atoms with Crippen molar-refractivity contribution in [3.8, 4) is 0 Å². The molecule has 22 heavy (non-hydrogen) atoms. The van der Waals surface area contributed by atoms with E-state index < -0.39 is 0 Å². The van der Waals surface area contributed by atoms with Crippen LogP contribution in [-0.4, -0.2) is 40.9 Å². The molecule has 0 N–H and O–H groups in total. The van der Waals surface area contributed by atoms with Crippen molar-refractivity contribution in [2.75, 3.05) is 19.8 Å². The van der Waals surface area contributed by atoms with Crippen LogP contribution in [0.1, 0.15) is 81.5 Å². The van der Waals surface area contributed by atoms with Gasteiger partial charge in [0.1, 0.15) is 0 Å². The summed E-state index contributed by atoms with van der Waals surface area (Å²) in [6, 6.07) is 1.10. The molecule has 4 rings (SSSR count). The number of piperidine rings is 1. The number of nitrogens with zero attached hydrogens (tertiary/aromatic N) is 3. The minimum absolute atomic E-state index is 0.359. The quantitative estimate of drug-likeness (QED) is 0.856. The zero-order chi connectivity index (χ0) is 14.8.